The second-order valence-electron chi connectivity index (χ2n) is 4.16. The molecule has 1 fully saturated rings. The van der Waals surface area contributed by atoms with Crippen molar-refractivity contribution in [3.63, 3.8) is 0 Å². The summed E-state index contributed by atoms with van der Waals surface area (Å²) >= 11 is 0. The van der Waals surface area contributed by atoms with Gasteiger partial charge in [0.2, 0.25) is 0 Å². The Balaban J connectivity index is 2.31. The molecule has 0 aliphatic heterocycles. The van der Waals surface area contributed by atoms with Gasteiger partial charge < -0.3 is 0 Å². The molecule has 0 aromatic carbocycles. The van der Waals surface area contributed by atoms with Crippen LogP contribution in [0, 0.1) is 0 Å². The second kappa shape index (κ2) is 3.59. The monoisotopic (exact) mass is 195 g/mol. The molecule has 1 aromatic rings. The van der Waals surface area contributed by atoms with Gasteiger partial charge in [-0.25, -0.2) is 9.48 Å². The van der Waals surface area contributed by atoms with Crippen LogP contribution in [0.3, 0.4) is 0 Å². The summed E-state index contributed by atoms with van der Waals surface area (Å²) in [5.41, 5.74) is -0.00873. The van der Waals surface area contributed by atoms with Crippen molar-refractivity contribution in [3.05, 3.63) is 16.3 Å². The number of hydrogen-bond acceptors (Lipinski definition) is 2. The van der Waals surface area contributed by atoms with Crippen LogP contribution < -0.4 is 5.69 Å². The summed E-state index contributed by atoms with van der Waals surface area (Å²) in [6.45, 7) is 0. The number of hydrogen-bond donors (Lipinski definition) is 0. The maximum absolute atomic E-state index is 11.5. The Morgan fingerprint density at radius 1 is 1.21 bits per heavy atom. The van der Waals surface area contributed by atoms with Crippen molar-refractivity contribution in [2.24, 2.45) is 14.1 Å². The van der Waals surface area contributed by atoms with E-state index in [2.05, 4.69) is 5.10 Å². The lowest BCUT2D eigenvalue weighted by Gasteiger charge is -2.19. The van der Waals surface area contributed by atoms with Gasteiger partial charge in [0.05, 0.1) is 0 Å². The maximum atomic E-state index is 11.5. The Morgan fingerprint density at radius 3 is 2.36 bits per heavy atom. The highest BCUT2D eigenvalue weighted by Gasteiger charge is 2.21. The van der Waals surface area contributed by atoms with Gasteiger partial charge in [-0.3, -0.25) is 4.57 Å². The molecule has 1 aliphatic carbocycles. The van der Waals surface area contributed by atoms with E-state index in [1.54, 1.807) is 11.6 Å². The van der Waals surface area contributed by atoms with E-state index in [1.807, 2.05) is 7.05 Å². The fraction of sp³-hybridized carbons (Fsp3) is 0.800. The topological polar surface area (TPSA) is 39.8 Å². The van der Waals surface area contributed by atoms with Gasteiger partial charge in [-0.05, 0) is 12.8 Å². The molecule has 0 amide bonds. The van der Waals surface area contributed by atoms with Gasteiger partial charge in [-0.1, -0.05) is 19.3 Å². The van der Waals surface area contributed by atoms with Crippen molar-refractivity contribution < 1.29 is 0 Å². The largest absolute Gasteiger partial charge is 0.345 e. The predicted molar refractivity (Wildman–Crippen MR) is 54.3 cm³/mol. The van der Waals surface area contributed by atoms with Gasteiger partial charge in [-0.2, -0.15) is 5.10 Å². The van der Waals surface area contributed by atoms with Crippen LogP contribution in [-0.4, -0.2) is 14.3 Å². The Labute approximate surface area is 83.5 Å². The summed E-state index contributed by atoms with van der Waals surface area (Å²) < 4.78 is 3.12. The third-order valence-corrected chi connectivity index (χ3v) is 3.13. The van der Waals surface area contributed by atoms with Crippen LogP contribution in [0.4, 0.5) is 0 Å². The standard InChI is InChI=1S/C10H17N3O/c1-12-9(11-13(2)10(12)14)8-6-4-3-5-7-8/h8H,3-7H2,1-2H3. The Kier molecular flexibility index (Phi) is 2.44. The van der Waals surface area contributed by atoms with E-state index in [4.69, 9.17) is 0 Å². The van der Waals surface area contributed by atoms with E-state index in [1.165, 1.54) is 36.8 Å². The maximum Gasteiger partial charge on any atom is 0.345 e. The summed E-state index contributed by atoms with van der Waals surface area (Å²) in [4.78, 5) is 11.5. The lowest BCUT2D eigenvalue weighted by atomic mass is 9.89. The van der Waals surface area contributed by atoms with Gasteiger partial charge >= 0.3 is 5.69 Å². The summed E-state index contributed by atoms with van der Waals surface area (Å²) in [5.74, 6) is 1.47. The molecule has 0 spiro atoms. The Hall–Kier alpha value is -1.06. The van der Waals surface area contributed by atoms with Crippen molar-refractivity contribution in [1.82, 2.24) is 14.3 Å². The molecule has 1 saturated carbocycles. The molecule has 2 rings (SSSR count). The van der Waals surface area contributed by atoms with Crippen molar-refractivity contribution in [1.29, 1.82) is 0 Å². The van der Waals surface area contributed by atoms with Crippen LogP contribution in [0.15, 0.2) is 4.79 Å². The molecule has 1 aliphatic rings. The van der Waals surface area contributed by atoms with E-state index < -0.39 is 0 Å². The number of aryl methyl sites for hydroxylation is 1. The summed E-state index contributed by atoms with van der Waals surface area (Å²) in [6, 6.07) is 0. The van der Waals surface area contributed by atoms with Crippen LogP contribution in [0.2, 0.25) is 0 Å². The zero-order valence-electron chi connectivity index (χ0n) is 8.86. The molecule has 14 heavy (non-hydrogen) atoms. The molecule has 0 radical (unpaired) electrons. The molecule has 0 atom stereocenters. The zero-order chi connectivity index (χ0) is 10.1. The van der Waals surface area contributed by atoms with E-state index in [-0.39, 0.29) is 5.69 Å². The molecule has 1 aromatic heterocycles. The normalized spacial score (nSPS) is 18.7. The van der Waals surface area contributed by atoms with Gasteiger partial charge in [0, 0.05) is 20.0 Å². The fourth-order valence-electron chi connectivity index (χ4n) is 2.29. The van der Waals surface area contributed by atoms with Crippen LogP contribution in [0.25, 0.3) is 0 Å². The van der Waals surface area contributed by atoms with Crippen molar-refractivity contribution in [2.75, 3.05) is 0 Å². The van der Waals surface area contributed by atoms with E-state index in [0.717, 1.165) is 5.82 Å². The minimum Gasteiger partial charge on any atom is -0.282 e. The average molecular weight is 195 g/mol. The summed E-state index contributed by atoms with van der Waals surface area (Å²) in [7, 11) is 3.54. The van der Waals surface area contributed by atoms with Gasteiger partial charge in [-0.15, -0.1) is 0 Å². The summed E-state index contributed by atoms with van der Waals surface area (Å²) in [5, 5.41) is 4.30. The van der Waals surface area contributed by atoms with Gasteiger partial charge in [0.15, 0.2) is 0 Å². The zero-order valence-corrected chi connectivity index (χ0v) is 8.86. The Bertz CT molecular complexity index is 371. The van der Waals surface area contributed by atoms with Crippen LogP contribution >= 0.6 is 0 Å². The first-order valence-electron chi connectivity index (χ1n) is 5.30. The number of nitrogens with zero attached hydrogens (tertiary/aromatic N) is 3. The van der Waals surface area contributed by atoms with Crippen molar-refractivity contribution in [2.45, 2.75) is 38.0 Å². The third-order valence-electron chi connectivity index (χ3n) is 3.13. The number of aromatic nitrogens is 3. The van der Waals surface area contributed by atoms with E-state index in [9.17, 15) is 4.79 Å². The molecule has 4 nitrogen and oxygen atoms in total. The van der Waals surface area contributed by atoms with Gasteiger partial charge in [0.25, 0.3) is 0 Å². The Morgan fingerprint density at radius 2 is 1.86 bits per heavy atom. The van der Waals surface area contributed by atoms with E-state index >= 15 is 0 Å². The molecule has 0 N–H and O–H groups in total. The first kappa shape index (κ1) is 9.49. The molecule has 78 valence electrons. The first-order chi connectivity index (χ1) is 6.70. The third kappa shape index (κ3) is 1.49. The molecule has 0 unspecified atom stereocenters. The lowest BCUT2D eigenvalue weighted by molar-refractivity contribution is 0.419. The SMILES string of the molecule is Cn1nc(C2CCCCC2)n(C)c1=O. The molecular formula is C10H17N3O. The van der Waals surface area contributed by atoms with Crippen LogP contribution in [0.5, 0.6) is 0 Å². The average Bonchev–Trinajstić information content (AvgIpc) is 2.47. The lowest BCUT2D eigenvalue weighted by Crippen LogP contribution is -2.21. The highest BCUT2D eigenvalue weighted by molar-refractivity contribution is 4.97. The van der Waals surface area contributed by atoms with E-state index in [0.29, 0.717) is 5.92 Å². The number of rotatable bonds is 1. The molecule has 0 bridgehead atoms. The quantitative estimate of drug-likeness (QED) is 0.674. The van der Waals surface area contributed by atoms with Crippen molar-refractivity contribution >= 4 is 0 Å². The molecule has 4 heteroatoms. The smallest absolute Gasteiger partial charge is 0.282 e. The first-order valence-corrected chi connectivity index (χ1v) is 5.30. The minimum absolute atomic E-state index is 0.00873. The predicted octanol–water partition coefficient (Wildman–Crippen LogP) is 1.17. The fourth-order valence-corrected chi connectivity index (χ4v) is 2.29. The van der Waals surface area contributed by atoms with Gasteiger partial charge in [0.1, 0.15) is 5.82 Å². The summed E-state index contributed by atoms with van der Waals surface area (Å²) in [6.07, 6.45) is 6.25. The highest BCUT2D eigenvalue weighted by atomic mass is 16.2. The van der Waals surface area contributed by atoms with Crippen molar-refractivity contribution in [3.8, 4) is 0 Å². The molecular weight excluding hydrogens is 178 g/mol. The molecule has 1 heterocycles. The van der Waals surface area contributed by atoms with Crippen LogP contribution in [-0.2, 0) is 14.1 Å². The minimum atomic E-state index is -0.00873. The van der Waals surface area contributed by atoms with Crippen LogP contribution in [0.1, 0.15) is 43.8 Å². The highest BCUT2D eigenvalue weighted by Crippen LogP contribution is 2.30. The molecule has 0 saturated heterocycles. The second-order valence-corrected chi connectivity index (χ2v) is 4.16.